The van der Waals surface area contributed by atoms with E-state index in [0.29, 0.717) is 4.88 Å². The first-order valence-electron chi connectivity index (χ1n) is 8.83. The molecule has 0 radical (unpaired) electrons. The number of aryl methyl sites for hydroxylation is 2. The molecule has 0 fully saturated rings. The molecule has 10 nitrogen and oxygen atoms in total. The number of carboxylic acids is 1. The second kappa shape index (κ2) is 8.42. The maximum Gasteiger partial charge on any atom is 0.323 e. The molecule has 0 unspecified atom stereocenters. The van der Waals surface area contributed by atoms with Crippen molar-refractivity contribution in [1.29, 1.82) is 0 Å². The molecule has 2 aromatic rings. The average Bonchev–Trinajstić information content (AvgIpc) is 3.08. The molecule has 3 rings (SSSR count). The molecule has 0 saturated heterocycles. The van der Waals surface area contributed by atoms with Crippen molar-refractivity contribution in [2.75, 3.05) is 18.1 Å². The number of rotatable bonds is 7. The van der Waals surface area contributed by atoms with Gasteiger partial charge in [0.15, 0.2) is 6.61 Å². The highest BCUT2D eigenvalue weighted by Crippen LogP contribution is 2.34. The first kappa shape index (κ1) is 21.7. The summed E-state index contributed by atoms with van der Waals surface area (Å²) in [5.74, 6) is -2.29. The number of nitrogens with one attached hydrogen (secondary N) is 2. The number of ether oxygens (including phenoxy) is 1. The van der Waals surface area contributed by atoms with Crippen molar-refractivity contribution >= 4 is 44.8 Å². The molecule has 0 bridgehead atoms. The van der Waals surface area contributed by atoms with Crippen LogP contribution in [0.1, 0.15) is 27.0 Å². The Kier molecular flexibility index (Phi) is 6.10. The maximum absolute atomic E-state index is 12.6. The number of nitrogens with zero attached hydrogens (tertiary/aromatic N) is 1. The lowest BCUT2D eigenvalue weighted by molar-refractivity contribution is -0.137. The van der Waals surface area contributed by atoms with E-state index in [-0.39, 0.29) is 22.9 Å². The van der Waals surface area contributed by atoms with Crippen LogP contribution < -0.4 is 19.9 Å². The summed E-state index contributed by atoms with van der Waals surface area (Å²) >= 11 is 1.28. The maximum atomic E-state index is 12.6. The highest BCUT2D eigenvalue weighted by Gasteiger charge is 2.29. The third-order valence-electron chi connectivity index (χ3n) is 4.34. The Labute approximate surface area is 176 Å². The molecule has 3 N–H and O–H groups in total. The number of thiophene rings is 1. The van der Waals surface area contributed by atoms with Gasteiger partial charge >= 0.3 is 5.97 Å². The fourth-order valence-electron chi connectivity index (χ4n) is 2.87. The topological polar surface area (TPSA) is 142 Å². The van der Waals surface area contributed by atoms with E-state index in [9.17, 15) is 22.8 Å². The minimum atomic E-state index is -4.19. The Morgan fingerprint density at radius 3 is 2.67 bits per heavy atom. The van der Waals surface area contributed by atoms with Crippen LogP contribution in [0.25, 0.3) is 0 Å². The number of hydrogen-bond donors (Lipinski definition) is 3. The molecule has 1 aromatic carbocycles. The van der Waals surface area contributed by atoms with Crippen LogP contribution >= 0.6 is 11.3 Å². The van der Waals surface area contributed by atoms with E-state index in [0.717, 1.165) is 27.8 Å². The van der Waals surface area contributed by atoms with Crippen LogP contribution in [-0.2, 0) is 26.0 Å². The molecule has 1 aromatic heterocycles. The lowest BCUT2D eigenvalue weighted by Crippen LogP contribution is -2.43. The molecule has 0 atom stereocenters. The Bertz CT molecular complexity index is 1120. The number of hydrogen-bond acceptors (Lipinski definition) is 7. The summed E-state index contributed by atoms with van der Waals surface area (Å²) in [6.45, 7) is 2.85. The number of benzene rings is 1. The van der Waals surface area contributed by atoms with Crippen LogP contribution in [0.5, 0.6) is 5.75 Å². The van der Waals surface area contributed by atoms with Crippen LogP contribution in [0.4, 0.5) is 5.69 Å². The van der Waals surface area contributed by atoms with Gasteiger partial charge in [-0.25, -0.2) is 8.42 Å². The molecule has 1 aliphatic heterocycles. The van der Waals surface area contributed by atoms with Gasteiger partial charge < -0.3 is 9.84 Å². The van der Waals surface area contributed by atoms with Crippen molar-refractivity contribution in [1.82, 2.24) is 10.3 Å². The van der Waals surface area contributed by atoms with Gasteiger partial charge in [-0.15, -0.1) is 16.2 Å². The van der Waals surface area contributed by atoms with Crippen molar-refractivity contribution in [2.24, 2.45) is 0 Å². The van der Waals surface area contributed by atoms with Crippen LogP contribution in [0, 0.1) is 6.92 Å². The predicted molar refractivity (Wildman–Crippen MR) is 108 cm³/mol. The van der Waals surface area contributed by atoms with E-state index in [4.69, 9.17) is 9.84 Å². The monoisotopic (exact) mass is 453 g/mol. The number of carboxylic acid groups (broad SMARTS) is 1. The van der Waals surface area contributed by atoms with Gasteiger partial charge in [-0.1, -0.05) is 6.92 Å². The summed E-state index contributed by atoms with van der Waals surface area (Å²) in [6, 6.07) is 5.35. The molecular weight excluding hydrogens is 434 g/mol. The van der Waals surface area contributed by atoms with Gasteiger partial charge in [0.2, 0.25) is 0 Å². The van der Waals surface area contributed by atoms with Crippen molar-refractivity contribution < 1.29 is 32.6 Å². The first-order chi connectivity index (χ1) is 14.1. The van der Waals surface area contributed by atoms with Crippen LogP contribution in [-0.4, -0.2) is 44.5 Å². The van der Waals surface area contributed by atoms with Gasteiger partial charge in [-0.2, -0.15) is 0 Å². The second-order valence-corrected chi connectivity index (χ2v) is 9.24. The lowest BCUT2D eigenvalue weighted by Gasteiger charge is -2.28. The molecule has 0 spiro atoms. The summed E-state index contributed by atoms with van der Waals surface area (Å²) in [4.78, 5) is 39.4. The minimum Gasteiger partial charge on any atom is -0.482 e. The van der Waals surface area contributed by atoms with E-state index in [1.807, 2.05) is 18.7 Å². The number of hydrazine groups is 1. The van der Waals surface area contributed by atoms with E-state index in [1.54, 1.807) is 6.07 Å². The number of amides is 2. The zero-order valence-electron chi connectivity index (χ0n) is 16.1. The lowest BCUT2D eigenvalue weighted by atomic mass is 10.2. The van der Waals surface area contributed by atoms with Crippen molar-refractivity contribution in [2.45, 2.75) is 25.2 Å². The van der Waals surface area contributed by atoms with Crippen molar-refractivity contribution in [3.05, 3.63) is 39.6 Å². The molecule has 0 aliphatic carbocycles. The zero-order valence-corrected chi connectivity index (χ0v) is 17.7. The van der Waals surface area contributed by atoms with Crippen LogP contribution in [0.3, 0.4) is 0 Å². The SMILES string of the molecule is CCc1sc(C(=O)NNS(=O)(=O)c2ccc3c(c2)N(CC(=O)O)C(=O)CO3)cc1C. The number of carbonyl (C=O) groups is 3. The molecule has 1 aliphatic rings. The number of sulfonamides is 1. The summed E-state index contributed by atoms with van der Waals surface area (Å²) in [5, 5.41) is 9.02. The highest BCUT2D eigenvalue weighted by atomic mass is 32.2. The Morgan fingerprint density at radius 1 is 1.30 bits per heavy atom. The number of carbonyl (C=O) groups excluding carboxylic acids is 2. The molecule has 12 heteroatoms. The molecule has 2 heterocycles. The molecule has 0 saturated carbocycles. The smallest absolute Gasteiger partial charge is 0.323 e. The first-order valence-corrected chi connectivity index (χ1v) is 11.1. The third-order valence-corrected chi connectivity index (χ3v) is 6.97. The predicted octanol–water partition coefficient (Wildman–Crippen LogP) is 1.05. The quantitative estimate of drug-likeness (QED) is 0.532. The summed E-state index contributed by atoms with van der Waals surface area (Å²) < 4.78 is 30.4. The Hall–Kier alpha value is -2.96. The van der Waals surface area contributed by atoms with E-state index >= 15 is 0 Å². The van der Waals surface area contributed by atoms with Gasteiger partial charge in [-0.3, -0.25) is 24.7 Å². The van der Waals surface area contributed by atoms with Gasteiger partial charge in [0, 0.05) is 4.88 Å². The van der Waals surface area contributed by atoms with Gasteiger partial charge in [0.05, 0.1) is 15.5 Å². The van der Waals surface area contributed by atoms with E-state index in [2.05, 4.69) is 5.43 Å². The summed E-state index contributed by atoms with van der Waals surface area (Å²) in [5.41, 5.74) is 3.13. The largest absolute Gasteiger partial charge is 0.482 e. The number of anilines is 1. The normalized spacial score (nSPS) is 13.5. The fourth-order valence-corrected chi connectivity index (χ4v) is 4.74. The highest BCUT2D eigenvalue weighted by molar-refractivity contribution is 7.89. The van der Waals surface area contributed by atoms with Crippen LogP contribution in [0.15, 0.2) is 29.2 Å². The second-order valence-electron chi connectivity index (χ2n) is 6.42. The number of aliphatic carboxylic acids is 1. The van der Waals surface area contributed by atoms with E-state index in [1.165, 1.54) is 23.5 Å². The summed E-state index contributed by atoms with van der Waals surface area (Å²) in [6.07, 6.45) is 0.762. The van der Waals surface area contributed by atoms with Gasteiger partial charge in [0.1, 0.15) is 12.3 Å². The van der Waals surface area contributed by atoms with Crippen molar-refractivity contribution in [3.63, 3.8) is 0 Å². The minimum absolute atomic E-state index is 0.0179. The van der Waals surface area contributed by atoms with Crippen LogP contribution in [0.2, 0.25) is 0 Å². The zero-order chi connectivity index (χ0) is 22.1. The standard InChI is InChI=1S/C18H19N3O7S2/c1-3-14-10(2)6-15(29-14)18(25)19-20-30(26,27)11-4-5-13-12(7-11)21(8-17(23)24)16(22)9-28-13/h4-7,20H,3,8-9H2,1-2H3,(H,19,25)(H,23,24). The Morgan fingerprint density at radius 2 is 2.03 bits per heavy atom. The van der Waals surface area contributed by atoms with Gasteiger partial charge in [-0.05, 0) is 43.2 Å². The fraction of sp³-hybridized carbons (Fsp3) is 0.278. The average molecular weight is 453 g/mol. The van der Waals surface area contributed by atoms with Crippen molar-refractivity contribution in [3.8, 4) is 5.75 Å². The molecule has 160 valence electrons. The third kappa shape index (κ3) is 4.45. The number of fused-ring (bicyclic) bond motifs is 1. The van der Waals surface area contributed by atoms with Gasteiger partial charge in [0.25, 0.3) is 21.8 Å². The molecular formula is C18H19N3O7S2. The molecule has 2 amide bonds. The summed E-state index contributed by atoms with van der Waals surface area (Å²) in [7, 11) is -4.19. The van der Waals surface area contributed by atoms with E-state index < -0.39 is 34.4 Å². The Balaban J connectivity index is 1.81. The molecule has 30 heavy (non-hydrogen) atoms.